The van der Waals surface area contributed by atoms with E-state index in [1.807, 2.05) is 20.8 Å². The van der Waals surface area contributed by atoms with E-state index in [9.17, 15) is 4.79 Å². The van der Waals surface area contributed by atoms with E-state index in [2.05, 4.69) is 17.1 Å². The lowest BCUT2D eigenvalue weighted by Crippen LogP contribution is -2.38. The Labute approximate surface area is 122 Å². The van der Waals surface area contributed by atoms with Gasteiger partial charge in [0.25, 0.3) is 0 Å². The summed E-state index contributed by atoms with van der Waals surface area (Å²) in [4.78, 5) is 14.3. The van der Waals surface area contributed by atoms with Gasteiger partial charge in [0.15, 0.2) is 0 Å². The van der Waals surface area contributed by atoms with Crippen LogP contribution >= 0.6 is 0 Å². The van der Waals surface area contributed by atoms with Crippen LogP contribution in [0.25, 0.3) is 0 Å². The maximum Gasteiger partial charge on any atom is 0.306 e. The summed E-state index contributed by atoms with van der Waals surface area (Å²) in [7, 11) is 0. The summed E-state index contributed by atoms with van der Waals surface area (Å²) in [6.07, 6.45) is 6.03. The molecule has 2 atom stereocenters. The van der Waals surface area contributed by atoms with Crippen LogP contribution in [0, 0.1) is 11.8 Å². The summed E-state index contributed by atoms with van der Waals surface area (Å²) >= 11 is 0. The number of hydrogen-bond acceptors (Lipinski definition) is 4. The molecule has 1 aliphatic heterocycles. The average molecular weight is 281 g/mol. The molecule has 0 radical (unpaired) electrons. The summed E-state index contributed by atoms with van der Waals surface area (Å²) < 4.78 is 10.7. The average Bonchev–Trinajstić information content (AvgIpc) is 2.75. The zero-order valence-electron chi connectivity index (χ0n) is 12.9. The summed E-state index contributed by atoms with van der Waals surface area (Å²) in [5.41, 5.74) is -0.382. The highest BCUT2D eigenvalue weighted by molar-refractivity contribution is 5.70. The third-order valence-electron chi connectivity index (χ3n) is 3.71. The lowest BCUT2D eigenvalue weighted by Gasteiger charge is -2.28. The normalized spacial score (nSPS) is 27.8. The molecule has 0 aromatic heterocycles. The quantitative estimate of drug-likeness (QED) is 0.585. The fraction of sp³-hybridized carbons (Fsp3) is 0.812. The number of morpholine rings is 1. The molecular formula is C16H27NO3. The zero-order valence-corrected chi connectivity index (χ0v) is 12.9. The van der Waals surface area contributed by atoms with Gasteiger partial charge in [-0.15, -0.1) is 0 Å². The van der Waals surface area contributed by atoms with Crippen LogP contribution in [-0.2, 0) is 14.3 Å². The monoisotopic (exact) mass is 281 g/mol. The molecule has 1 saturated heterocycles. The Morgan fingerprint density at radius 2 is 1.90 bits per heavy atom. The van der Waals surface area contributed by atoms with E-state index in [1.54, 1.807) is 0 Å². The van der Waals surface area contributed by atoms with Crippen molar-refractivity contribution in [1.29, 1.82) is 0 Å². The second-order valence-corrected chi connectivity index (χ2v) is 6.84. The number of carbonyl (C=O) groups excluding carboxylic acids is 1. The van der Waals surface area contributed by atoms with Gasteiger partial charge in [-0.2, -0.15) is 0 Å². The van der Waals surface area contributed by atoms with Crippen molar-refractivity contribution in [2.45, 2.75) is 39.2 Å². The first-order chi connectivity index (χ1) is 9.42. The van der Waals surface area contributed by atoms with Gasteiger partial charge in [0.05, 0.1) is 19.6 Å². The number of hydrogen-bond donors (Lipinski definition) is 0. The third-order valence-corrected chi connectivity index (χ3v) is 3.71. The smallest absolute Gasteiger partial charge is 0.306 e. The van der Waals surface area contributed by atoms with Crippen LogP contribution in [0.15, 0.2) is 12.2 Å². The van der Waals surface area contributed by atoms with Gasteiger partial charge in [-0.05, 0) is 39.0 Å². The fourth-order valence-corrected chi connectivity index (χ4v) is 2.86. The number of rotatable bonds is 4. The van der Waals surface area contributed by atoms with Gasteiger partial charge in [0.1, 0.15) is 5.60 Å². The molecule has 114 valence electrons. The molecular weight excluding hydrogens is 254 g/mol. The standard InChI is InChI=1S/C16H27NO3/c1-16(2,3)20-15(18)11-13-4-5-14(10-13)12-17-6-8-19-9-7-17/h4-5,13-14H,6-12H2,1-3H3/t13-,14?/m1/s1. The number of allylic oxidation sites excluding steroid dienone is 1. The van der Waals surface area contributed by atoms with Crippen molar-refractivity contribution in [2.24, 2.45) is 11.8 Å². The Kier molecular flexibility index (Phi) is 5.22. The van der Waals surface area contributed by atoms with Gasteiger partial charge in [-0.25, -0.2) is 0 Å². The molecule has 0 spiro atoms. The molecule has 0 bridgehead atoms. The predicted octanol–water partition coefficient (Wildman–Crippen LogP) is 2.24. The summed E-state index contributed by atoms with van der Waals surface area (Å²) in [6, 6.07) is 0. The van der Waals surface area contributed by atoms with Gasteiger partial charge in [0, 0.05) is 19.6 Å². The van der Waals surface area contributed by atoms with E-state index in [0.717, 1.165) is 39.3 Å². The van der Waals surface area contributed by atoms with Gasteiger partial charge in [-0.1, -0.05) is 12.2 Å². The minimum absolute atomic E-state index is 0.0841. The number of ether oxygens (including phenoxy) is 2. The minimum atomic E-state index is -0.382. The van der Waals surface area contributed by atoms with E-state index in [0.29, 0.717) is 18.3 Å². The predicted molar refractivity (Wildman–Crippen MR) is 78.5 cm³/mol. The van der Waals surface area contributed by atoms with Crippen LogP contribution in [-0.4, -0.2) is 49.3 Å². The highest BCUT2D eigenvalue weighted by atomic mass is 16.6. The van der Waals surface area contributed by atoms with Crippen LogP contribution in [0.5, 0.6) is 0 Å². The number of esters is 1. The summed E-state index contributed by atoms with van der Waals surface area (Å²) in [5, 5.41) is 0. The Balaban J connectivity index is 1.70. The van der Waals surface area contributed by atoms with E-state index in [4.69, 9.17) is 9.47 Å². The Morgan fingerprint density at radius 3 is 2.55 bits per heavy atom. The highest BCUT2D eigenvalue weighted by Gasteiger charge is 2.25. The van der Waals surface area contributed by atoms with Crippen molar-refractivity contribution in [3.8, 4) is 0 Å². The molecule has 1 unspecified atom stereocenters. The largest absolute Gasteiger partial charge is 0.460 e. The van der Waals surface area contributed by atoms with Gasteiger partial charge in [0.2, 0.25) is 0 Å². The van der Waals surface area contributed by atoms with Crippen molar-refractivity contribution in [2.75, 3.05) is 32.8 Å². The van der Waals surface area contributed by atoms with Crippen molar-refractivity contribution in [3.05, 3.63) is 12.2 Å². The molecule has 0 saturated carbocycles. The number of nitrogens with zero attached hydrogens (tertiary/aromatic N) is 1. The lowest BCUT2D eigenvalue weighted by atomic mass is 9.99. The van der Waals surface area contributed by atoms with Crippen molar-refractivity contribution in [1.82, 2.24) is 4.90 Å². The van der Waals surface area contributed by atoms with Crippen LogP contribution < -0.4 is 0 Å². The molecule has 0 N–H and O–H groups in total. The SMILES string of the molecule is CC(C)(C)OC(=O)C[C@@H]1C=CC(CN2CCOCC2)C1. The molecule has 1 heterocycles. The van der Waals surface area contributed by atoms with Crippen LogP contribution in [0.4, 0.5) is 0 Å². The first-order valence-corrected chi connectivity index (χ1v) is 7.62. The molecule has 4 nitrogen and oxygen atoms in total. The van der Waals surface area contributed by atoms with E-state index >= 15 is 0 Å². The third kappa shape index (κ3) is 5.25. The first-order valence-electron chi connectivity index (χ1n) is 7.62. The minimum Gasteiger partial charge on any atom is -0.460 e. The second-order valence-electron chi connectivity index (χ2n) is 6.84. The molecule has 0 amide bonds. The van der Waals surface area contributed by atoms with Crippen molar-refractivity contribution < 1.29 is 14.3 Å². The lowest BCUT2D eigenvalue weighted by molar-refractivity contribution is -0.155. The van der Waals surface area contributed by atoms with E-state index in [1.165, 1.54) is 0 Å². The molecule has 1 aliphatic carbocycles. The molecule has 20 heavy (non-hydrogen) atoms. The fourth-order valence-electron chi connectivity index (χ4n) is 2.86. The zero-order chi connectivity index (χ0) is 14.6. The van der Waals surface area contributed by atoms with Crippen LogP contribution in [0.1, 0.15) is 33.6 Å². The van der Waals surface area contributed by atoms with Crippen LogP contribution in [0.3, 0.4) is 0 Å². The Hall–Kier alpha value is -0.870. The van der Waals surface area contributed by atoms with Crippen molar-refractivity contribution in [3.63, 3.8) is 0 Å². The topological polar surface area (TPSA) is 38.8 Å². The maximum atomic E-state index is 11.8. The molecule has 2 aliphatic rings. The molecule has 2 rings (SSSR count). The number of carbonyl (C=O) groups is 1. The van der Waals surface area contributed by atoms with Crippen LogP contribution in [0.2, 0.25) is 0 Å². The molecule has 0 aromatic rings. The van der Waals surface area contributed by atoms with Gasteiger partial charge in [-0.3, -0.25) is 9.69 Å². The highest BCUT2D eigenvalue weighted by Crippen LogP contribution is 2.28. The Bertz CT molecular complexity index is 353. The molecule has 0 aromatic carbocycles. The summed E-state index contributed by atoms with van der Waals surface area (Å²) in [6.45, 7) is 10.6. The van der Waals surface area contributed by atoms with Gasteiger partial charge < -0.3 is 9.47 Å². The molecule has 4 heteroatoms. The van der Waals surface area contributed by atoms with Gasteiger partial charge >= 0.3 is 5.97 Å². The first kappa shape index (κ1) is 15.5. The maximum absolute atomic E-state index is 11.8. The van der Waals surface area contributed by atoms with E-state index < -0.39 is 0 Å². The molecule has 1 fully saturated rings. The van der Waals surface area contributed by atoms with E-state index in [-0.39, 0.29) is 11.6 Å². The summed E-state index contributed by atoms with van der Waals surface area (Å²) in [5.74, 6) is 0.829. The Morgan fingerprint density at radius 1 is 1.25 bits per heavy atom. The van der Waals surface area contributed by atoms with Crippen molar-refractivity contribution >= 4 is 5.97 Å². The second kappa shape index (κ2) is 6.72.